The Morgan fingerprint density at radius 3 is 2.29 bits per heavy atom. The minimum atomic E-state index is -4.18. The quantitative estimate of drug-likeness (QED) is 0.758. The first-order valence-corrected chi connectivity index (χ1v) is 4.24. The topological polar surface area (TPSA) is 38.9 Å². The summed E-state index contributed by atoms with van der Waals surface area (Å²) in [5.41, 5.74) is 3.88. The molecule has 1 fully saturated rings. The summed E-state index contributed by atoms with van der Waals surface area (Å²) in [5, 5.41) is 0. The van der Waals surface area contributed by atoms with Crippen LogP contribution >= 0.6 is 0 Å². The van der Waals surface area contributed by atoms with E-state index in [-0.39, 0.29) is 24.2 Å². The van der Waals surface area contributed by atoms with Gasteiger partial charge in [-0.3, -0.25) is 0 Å². The molecule has 14 heavy (non-hydrogen) atoms. The molecule has 0 aliphatic heterocycles. The van der Waals surface area contributed by atoms with Crippen LogP contribution in [0.1, 0.15) is 18.4 Å². The van der Waals surface area contributed by atoms with Gasteiger partial charge in [0.05, 0.1) is 5.41 Å². The summed E-state index contributed by atoms with van der Waals surface area (Å²) in [4.78, 5) is 3.68. The molecule has 2 nitrogen and oxygen atoms in total. The maximum absolute atomic E-state index is 12.6. The molecule has 1 aromatic heterocycles. The molecule has 0 saturated heterocycles. The second-order valence-electron chi connectivity index (χ2n) is 3.55. The number of anilines is 1. The average molecular weight is 202 g/mol. The lowest BCUT2D eigenvalue weighted by Crippen LogP contribution is -2.28. The maximum atomic E-state index is 12.6. The Kier molecular flexibility index (Phi) is 1.74. The molecular weight excluding hydrogens is 193 g/mol. The highest BCUT2D eigenvalue weighted by Crippen LogP contribution is 2.58. The third kappa shape index (κ3) is 1.23. The van der Waals surface area contributed by atoms with E-state index < -0.39 is 11.6 Å². The number of nitrogens with two attached hydrogens (primary N) is 1. The van der Waals surface area contributed by atoms with Crippen LogP contribution in [0.5, 0.6) is 0 Å². The largest absolute Gasteiger partial charge is 0.398 e. The van der Waals surface area contributed by atoms with Gasteiger partial charge in [-0.1, -0.05) is 6.07 Å². The van der Waals surface area contributed by atoms with Gasteiger partial charge in [0.15, 0.2) is 0 Å². The number of pyridine rings is 1. The van der Waals surface area contributed by atoms with E-state index in [1.807, 2.05) is 0 Å². The van der Waals surface area contributed by atoms with Crippen molar-refractivity contribution in [1.29, 1.82) is 0 Å². The van der Waals surface area contributed by atoms with Crippen molar-refractivity contribution >= 4 is 5.82 Å². The first-order valence-electron chi connectivity index (χ1n) is 4.24. The van der Waals surface area contributed by atoms with Crippen LogP contribution in [0.2, 0.25) is 0 Å². The van der Waals surface area contributed by atoms with E-state index in [4.69, 9.17) is 5.73 Å². The fraction of sp³-hybridized carbons (Fsp3) is 0.444. The van der Waals surface area contributed by atoms with Gasteiger partial charge in [-0.05, 0) is 24.5 Å². The van der Waals surface area contributed by atoms with Crippen molar-refractivity contribution in [2.24, 2.45) is 0 Å². The van der Waals surface area contributed by atoms with Crippen molar-refractivity contribution in [3.05, 3.63) is 23.9 Å². The molecule has 0 unspecified atom stereocenters. The van der Waals surface area contributed by atoms with E-state index in [2.05, 4.69) is 4.98 Å². The average Bonchev–Trinajstić information content (AvgIpc) is 2.84. The van der Waals surface area contributed by atoms with Crippen LogP contribution in [0.4, 0.5) is 19.0 Å². The van der Waals surface area contributed by atoms with E-state index in [0.717, 1.165) is 0 Å². The van der Waals surface area contributed by atoms with Crippen molar-refractivity contribution in [2.45, 2.75) is 24.4 Å². The van der Waals surface area contributed by atoms with E-state index in [9.17, 15) is 13.2 Å². The number of hydrogen-bond donors (Lipinski definition) is 1. The lowest BCUT2D eigenvalue weighted by atomic mass is 9.97. The Morgan fingerprint density at radius 1 is 1.29 bits per heavy atom. The number of rotatable bonds is 1. The Hall–Kier alpha value is -1.26. The highest BCUT2D eigenvalue weighted by molar-refractivity contribution is 5.37. The zero-order valence-corrected chi connectivity index (χ0v) is 7.30. The molecule has 1 heterocycles. The van der Waals surface area contributed by atoms with Crippen molar-refractivity contribution < 1.29 is 13.2 Å². The predicted molar refractivity (Wildman–Crippen MR) is 45.6 cm³/mol. The standard InChI is InChI=1S/C9H9F3N2/c10-9(11,12)8(3-4-8)6-1-2-7(13)14-5-6/h1-2,5H,3-4H2,(H2,13,14). The maximum Gasteiger partial charge on any atom is 0.398 e. The molecule has 76 valence electrons. The van der Waals surface area contributed by atoms with Crippen molar-refractivity contribution in [1.82, 2.24) is 4.98 Å². The molecule has 0 amide bonds. The van der Waals surface area contributed by atoms with E-state index >= 15 is 0 Å². The second-order valence-corrected chi connectivity index (χ2v) is 3.55. The van der Waals surface area contributed by atoms with Gasteiger partial charge in [-0.15, -0.1) is 0 Å². The number of aromatic nitrogens is 1. The van der Waals surface area contributed by atoms with Gasteiger partial charge in [0.25, 0.3) is 0 Å². The number of halogens is 3. The SMILES string of the molecule is Nc1ccc(C2(C(F)(F)F)CC2)cn1. The molecule has 0 radical (unpaired) electrons. The Labute approximate surface area is 78.9 Å². The summed E-state index contributed by atoms with van der Waals surface area (Å²) in [6.45, 7) is 0. The molecule has 1 aromatic rings. The summed E-state index contributed by atoms with van der Waals surface area (Å²) in [6, 6.07) is 2.81. The molecule has 0 spiro atoms. The smallest absolute Gasteiger partial charge is 0.384 e. The van der Waals surface area contributed by atoms with Crippen LogP contribution in [-0.2, 0) is 5.41 Å². The number of alkyl halides is 3. The third-order valence-electron chi connectivity index (χ3n) is 2.63. The number of nitrogen functional groups attached to an aromatic ring is 1. The molecule has 1 saturated carbocycles. The summed E-state index contributed by atoms with van der Waals surface area (Å²) in [6.07, 6.45) is -2.65. The first kappa shape index (κ1) is 9.30. The zero-order valence-electron chi connectivity index (χ0n) is 7.30. The van der Waals surface area contributed by atoms with Crippen LogP contribution < -0.4 is 5.73 Å². The van der Waals surface area contributed by atoms with Crippen LogP contribution in [-0.4, -0.2) is 11.2 Å². The van der Waals surface area contributed by atoms with Gasteiger partial charge < -0.3 is 5.73 Å². The molecule has 2 N–H and O–H groups in total. The van der Waals surface area contributed by atoms with Crippen molar-refractivity contribution in [3.8, 4) is 0 Å². The fourth-order valence-corrected chi connectivity index (χ4v) is 1.55. The highest BCUT2D eigenvalue weighted by Gasteiger charge is 2.64. The van der Waals surface area contributed by atoms with Crippen LogP contribution in [0.25, 0.3) is 0 Å². The monoisotopic (exact) mass is 202 g/mol. The van der Waals surface area contributed by atoms with Crippen LogP contribution in [0, 0.1) is 0 Å². The summed E-state index contributed by atoms with van der Waals surface area (Å²) < 4.78 is 37.9. The molecule has 1 aliphatic carbocycles. The zero-order chi connectivity index (χ0) is 10.4. The normalized spacial score (nSPS) is 19.4. The third-order valence-corrected chi connectivity index (χ3v) is 2.63. The van der Waals surface area contributed by atoms with Crippen molar-refractivity contribution in [2.75, 3.05) is 5.73 Å². The molecule has 5 heteroatoms. The lowest BCUT2D eigenvalue weighted by molar-refractivity contribution is -0.160. The molecule has 0 aromatic carbocycles. The molecule has 1 aliphatic rings. The Morgan fingerprint density at radius 2 is 1.93 bits per heavy atom. The second kappa shape index (κ2) is 2.62. The van der Waals surface area contributed by atoms with E-state index in [1.165, 1.54) is 18.3 Å². The van der Waals surface area contributed by atoms with E-state index in [0.29, 0.717) is 0 Å². The molecule has 2 rings (SSSR count). The van der Waals surface area contributed by atoms with E-state index in [1.54, 1.807) is 0 Å². The predicted octanol–water partition coefficient (Wildman–Crippen LogP) is 2.26. The van der Waals surface area contributed by atoms with Crippen LogP contribution in [0.15, 0.2) is 18.3 Å². The van der Waals surface area contributed by atoms with Gasteiger partial charge in [-0.25, -0.2) is 4.98 Å². The number of hydrogen-bond acceptors (Lipinski definition) is 2. The van der Waals surface area contributed by atoms with Gasteiger partial charge in [0, 0.05) is 6.20 Å². The van der Waals surface area contributed by atoms with Crippen molar-refractivity contribution in [3.63, 3.8) is 0 Å². The van der Waals surface area contributed by atoms with Gasteiger partial charge in [-0.2, -0.15) is 13.2 Å². The van der Waals surface area contributed by atoms with Gasteiger partial charge >= 0.3 is 6.18 Å². The molecular formula is C9H9F3N2. The van der Waals surface area contributed by atoms with Gasteiger partial charge in [0.1, 0.15) is 5.82 Å². The molecule has 0 atom stereocenters. The minimum absolute atomic E-state index is 0.155. The number of nitrogens with zero attached hydrogens (tertiary/aromatic N) is 1. The Balaban J connectivity index is 2.36. The summed E-state index contributed by atoms with van der Waals surface area (Å²) in [7, 11) is 0. The highest BCUT2D eigenvalue weighted by atomic mass is 19.4. The van der Waals surface area contributed by atoms with Gasteiger partial charge in [0.2, 0.25) is 0 Å². The summed E-state index contributed by atoms with van der Waals surface area (Å²) >= 11 is 0. The van der Waals surface area contributed by atoms with Crippen LogP contribution in [0.3, 0.4) is 0 Å². The summed E-state index contributed by atoms with van der Waals surface area (Å²) in [5.74, 6) is 0.242. The minimum Gasteiger partial charge on any atom is -0.384 e. The molecule has 0 bridgehead atoms. The Bertz CT molecular complexity index is 338. The first-order chi connectivity index (χ1) is 6.46. The lowest BCUT2D eigenvalue weighted by Gasteiger charge is -2.18. The fourth-order valence-electron chi connectivity index (χ4n) is 1.55.